The van der Waals surface area contributed by atoms with Gasteiger partial charge in [-0.05, 0) is 37.7 Å². The van der Waals surface area contributed by atoms with Crippen LogP contribution in [0.1, 0.15) is 31.2 Å². The maximum Gasteiger partial charge on any atom is 0.288 e. The lowest BCUT2D eigenvalue weighted by atomic mass is 9.94. The molecule has 0 amide bonds. The van der Waals surface area contributed by atoms with Crippen molar-refractivity contribution in [2.75, 3.05) is 11.6 Å². The smallest absolute Gasteiger partial charge is 0.288 e. The first-order valence-electron chi connectivity index (χ1n) is 6.76. The molecule has 0 saturated heterocycles. The first-order valence-corrected chi connectivity index (χ1v) is 8.43. The quantitative estimate of drug-likeness (QED) is 0.649. The highest BCUT2D eigenvalue weighted by Crippen LogP contribution is 2.34. The third-order valence-corrected chi connectivity index (χ3v) is 5.31. The molecule has 1 aliphatic rings. The maximum absolute atomic E-state index is 10.9. The molecule has 0 radical (unpaired) electrons. The van der Waals surface area contributed by atoms with Gasteiger partial charge >= 0.3 is 0 Å². The van der Waals surface area contributed by atoms with Gasteiger partial charge in [0.25, 0.3) is 5.69 Å². The second kappa shape index (κ2) is 6.68. The van der Waals surface area contributed by atoms with Gasteiger partial charge in [0.05, 0.1) is 4.92 Å². The summed E-state index contributed by atoms with van der Waals surface area (Å²) in [7, 11) is 0. The van der Waals surface area contributed by atoms with E-state index in [0.717, 1.165) is 17.7 Å². The SMILES string of the molecule is CSC1CCCCC1Nc1cc(Cl)c([N+](=O)[O-])cc1C. The molecular formula is C14H19ClN2O2S. The van der Waals surface area contributed by atoms with Crippen LogP contribution in [0.25, 0.3) is 0 Å². The summed E-state index contributed by atoms with van der Waals surface area (Å²) in [6, 6.07) is 3.64. The standard InChI is InChI=1S/C14H19ClN2O2S/c1-9-7-13(17(18)19)10(15)8-12(9)16-11-5-3-4-6-14(11)20-2/h7-8,11,14,16H,3-6H2,1-2H3. The second-order valence-corrected chi connectivity index (χ2v) is 6.67. The Morgan fingerprint density at radius 1 is 1.40 bits per heavy atom. The summed E-state index contributed by atoms with van der Waals surface area (Å²) >= 11 is 7.88. The van der Waals surface area contributed by atoms with Crippen molar-refractivity contribution >= 4 is 34.7 Å². The molecule has 0 bridgehead atoms. The van der Waals surface area contributed by atoms with E-state index in [9.17, 15) is 10.1 Å². The van der Waals surface area contributed by atoms with Gasteiger partial charge in [0.15, 0.2) is 0 Å². The monoisotopic (exact) mass is 314 g/mol. The molecule has 4 nitrogen and oxygen atoms in total. The molecule has 0 aromatic heterocycles. The van der Waals surface area contributed by atoms with E-state index in [1.807, 2.05) is 18.7 Å². The van der Waals surface area contributed by atoms with Crippen molar-refractivity contribution in [1.29, 1.82) is 0 Å². The molecule has 1 aliphatic carbocycles. The Morgan fingerprint density at radius 3 is 2.75 bits per heavy atom. The van der Waals surface area contributed by atoms with Crippen molar-refractivity contribution < 1.29 is 4.92 Å². The molecule has 2 atom stereocenters. The topological polar surface area (TPSA) is 55.2 Å². The largest absolute Gasteiger partial charge is 0.381 e. The fourth-order valence-electron chi connectivity index (χ4n) is 2.71. The van der Waals surface area contributed by atoms with Crippen LogP contribution in [0.5, 0.6) is 0 Å². The van der Waals surface area contributed by atoms with Crippen LogP contribution >= 0.6 is 23.4 Å². The zero-order valence-electron chi connectivity index (χ0n) is 11.7. The van der Waals surface area contributed by atoms with Gasteiger partial charge in [-0.25, -0.2) is 0 Å². The minimum atomic E-state index is -0.440. The molecule has 1 saturated carbocycles. The highest BCUT2D eigenvalue weighted by molar-refractivity contribution is 7.99. The first kappa shape index (κ1) is 15.4. The van der Waals surface area contributed by atoms with E-state index in [-0.39, 0.29) is 10.7 Å². The molecular weight excluding hydrogens is 296 g/mol. The number of nitrogens with zero attached hydrogens (tertiary/aromatic N) is 1. The molecule has 0 heterocycles. The average Bonchev–Trinajstić information content (AvgIpc) is 2.42. The maximum atomic E-state index is 10.9. The van der Waals surface area contributed by atoms with Crippen LogP contribution in [-0.2, 0) is 0 Å². The fraction of sp³-hybridized carbons (Fsp3) is 0.571. The number of hydrogen-bond acceptors (Lipinski definition) is 4. The van der Waals surface area contributed by atoms with Crippen molar-refractivity contribution in [1.82, 2.24) is 0 Å². The summed E-state index contributed by atoms with van der Waals surface area (Å²) in [4.78, 5) is 10.4. The van der Waals surface area contributed by atoms with Gasteiger partial charge in [-0.15, -0.1) is 0 Å². The Balaban J connectivity index is 2.20. The summed E-state index contributed by atoms with van der Waals surface area (Å²) in [6.45, 7) is 1.88. The van der Waals surface area contributed by atoms with E-state index in [2.05, 4.69) is 11.6 Å². The summed E-state index contributed by atoms with van der Waals surface area (Å²) in [5.41, 5.74) is 1.75. The molecule has 0 aliphatic heterocycles. The van der Waals surface area contributed by atoms with Gasteiger partial charge in [-0.2, -0.15) is 11.8 Å². The lowest BCUT2D eigenvalue weighted by Gasteiger charge is -2.32. The van der Waals surface area contributed by atoms with Gasteiger partial charge in [-0.1, -0.05) is 24.4 Å². The Kier molecular flexibility index (Phi) is 5.16. The number of aryl methyl sites for hydroxylation is 1. The van der Waals surface area contributed by atoms with E-state index < -0.39 is 4.92 Å². The van der Waals surface area contributed by atoms with Crippen molar-refractivity contribution in [2.24, 2.45) is 0 Å². The van der Waals surface area contributed by atoms with Gasteiger partial charge in [0.2, 0.25) is 0 Å². The van der Waals surface area contributed by atoms with Gasteiger partial charge < -0.3 is 5.32 Å². The second-order valence-electron chi connectivity index (χ2n) is 5.19. The predicted octanol–water partition coefficient (Wildman–Crippen LogP) is 4.64. The lowest BCUT2D eigenvalue weighted by molar-refractivity contribution is -0.384. The Labute approximate surface area is 128 Å². The van der Waals surface area contributed by atoms with Crippen LogP contribution in [0.15, 0.2) is 12.1 Å². The number of anilines is 1. The van der Waals surface area contributed by atoms with Gasteiger partial charge in [0, 0.05) is 23.0 Å². The molecule has 20 heavy (non-hydrogen) atoms. The molecule has 1 fully saturated rings. The summed E-state index contributed by atoms with van der Waals surface area (Å²) in [5.74, 6) is 0. The van der Waals surface area contributed by atoms with Gasteiger partial charge in [0.1, 0.15) is 5.02 Å². The highest BCUT2D eigenvalue weighted by atomic mass is 35.5. The van der Waals surface area contributed by atoms with Crippen molar-refractivity contribution in [2.45, 2.75) is 43.9 Å². The molecule has 2 unspecified atom stereocenters. The summed E-state index contributed by atoms with van der Waals surface area (Å²) < 4.78 is 0. The van der Waals surface area contributed by atoms with Gasteiger partial charge in [-0.3, -0.25) is 10.1 Å². The van der Waals surface area contributed by atoms with E-state index >= 15 is 0 Å². The predicted molar refractivity (Wildman–Crippen MR) is 86.0 cm³/mol. The lowest BCUT2D eigenvalue weighted by Crippen LogP contribution is -2.34. The fourth-order valence-corrected chi connectivity index (χ4v) is 3.87. The normalized spacial score (nSPS) is 22.6. The number of nitro benzene ring substituents is 1. The van der Waals surface area contributed by atoms with Crippen LogP contribution in [0.2, 0.25) is 5.02 Å². The van der Waals surface area contributed by atoms with Crippen LogP contribution < -0.4 is 5.32 Å². The van der Waals surface area contributed by atoms with E-state index in [1.54, 1.807) is 12.1 Å². The molecule has 2 rings (SSSR count). The van der Waals surface area contributed by atoms with Crippen LogP contribution in [0.3, 0.4) is 0 Å². The van der Waals surface area contributed by atoms with E-state index in [4.69, 9.17) is 11.6 Å². The van der Waals surface area contributed by atoms with Crippen LogP contribution in [-0.4, -0.2) is 22.5 Å². The number of hydrogen-bond donors (Lipinski definition) is 1. The zero-order chi connectivity index (χ0) is 14.7. The highest BCUT2D eigenvalue weighted by Gasteiger charge is 2.25. The number of thioether (sulfide) groups is 1. The van der Waals surface area contributed by atoms with Crippen LogP contribution in [0, 0.1) is 17.0 Å². The Hall–Kier alpha value is -0.940. The molecule has 1 aromatic carbocycles. The third kappa shape index (κ3) is 3.38. The van der Waals surface area contributed by atoms with E-state index in [1.165, 1.54) is 19.3 Å². The molecule has 1 N–H and O–H groups in total. The molecule has 6 heteroatoms. The average molecular weight is 315 g/mol. The zero-order valence-corrected chi connectivity index (χ0v) is 13.3. The van der Waals surface area contributed by atoms with Crippen LogP contribution in [0.4, 0.5) is 11.4 Å². The Bertz CT molecular complexity index is 510. The number of rotatable bonds is 4. The first-order chi connectivity index (χ1) is 9.52. The van der Waals surface area contributed by atoms with E-state index in [0.29, 0.717) is 11.3 Å². The van der Waals surface area contributed by atoms with Crippen molar-refractivity contribution in [3.8, 4) is 0 Å². The molecule has 110 valence electrons. The number of nitro groups is 1. The third-order valence-electron chi connectivity index (χ3n) is 3.84. The molecule has 1 aromatic rings. The number of halogens is 1. The summed E-state index contributed by atoms with van der Waals surface area (Å²) in [5, 5.41) is 15.2. The van der Waals surface area contributed by atoms with Crippen molar-refractivity contribution in [3.05, 3.63) is 32.8 Å². The summed E-state index contributed by atoms with van der Waals surface area (Å²) in [6.07, 6.45) is 7.01. The minimum Gasteiger partial charge on any atom is -0.381 e. The Morgan fingerprint density at radius 2 is 2.10 bits per heavy atom. The number of benzene rings is 1. The molecule has 0 spiro atoms. The number of nitrogens with one attached hydrogen (secondary N) is 1. The van der Waals surface area contributed by atoms with Crippen molar-refractivity contribution in [3.63, 3.8) is 0 Å². The minimum absolute atomic E-state index is 0.0280.